The van der Waals surface area contributed by atoms with Gasteiger partial charge in [0, 0.05) is 13.8 Å². The number of allylic oxidation sites excluding steroid dienone is 1. The lowest BCUT2D eigenvalue weighted by atomic mass is 10.3. The van der Waals surface area contributed by atoms with Gasteiger partial charge in [-0.15, -0.1) is 0 Å². The summed E-state index contributed by atoms with van der Waals surface area (Å²) >= 11 is 0. The minimum atomic E-state index is 0.773. The average Bonchev–Trinajstić information content (AvgIpc) is 1.88. The molecule has 0 atom stereocenters. The SMILES string of the molecule is C=NN(C)C(NN)=C(C)C. The van der Waals surface area contributed by atoms with Gasteiger partial charge in [0.05, 0.1) is 0 Å². The number of hydrogen-bond donors (Lipinski definition) is 2. The summed E-state index contributed by atoms with van der Waals surface area (Å²) in [6.45, 7) is 7.24. The van der Waals surface area contributed by atoms with Crippen LogP contribution in [0.15, 0.2) is 16.5 Å². The van der Waals surface area contributed by atoms with Crippen LogP contribution >= 0.6 is 0 Å². The maximum atomic E-state index is 5.21. The van der Waals surface area contributed by atoms with Crippen molar-refractivity contribution >= 4 is 6.72 Å². The highest BCUT2D eigenvalue weighted by molar-refractivity contribution is 5.23. The van der Waals surface area contributed by atoms with Crippen LogP contribution in [0.1, 0.15) is 13.8 Å². The molecule has 0 aliphatic carbocycles. The first-order valence-corrected chi connectivity index (χ1v) is 2.98. The monoisotopic (exact) mass is 142 g/mol. The van der Waals surface area contributed by atoms with Crippen LogP contribution in [0.2, 0.25) is 0 Å². The summed E-state index contributed by atoms with van der Waals surface area (Å²) in [6.07, 6.45) is 0. The summed E-state index contributed by atoms with van der Waals surface area (Å²) in [7, 11) is 1.77. The van der Waals surface area contributed by atoms with E-state index in [-0.39, 0.29) is 0 Å². The van der Waals surface area contributed by atoms with Crippen LogP contribution in [-0.2, 0) is 0 Å². The number of hydrogen-bond acceptors (Lipinski definition) is 4. The van der Waals surface area contributed by atoms with E-state index in [4.69, 9.17) is 5.84 Å². The Bertz CT molecular complexity index is 146. The van der Waals surface area contributed by atoms with Crippen LogP contribution < -0.4 is 11.3 Å². The summed E-state index contributed by atoms with van der Waals surface area (Å²) in [5.74, 6) is 5.99. The van der Waals surface area contributed by atoms with E-state index in [1.54, 1.807) is 12.1 Å². The molecular formula is C6H14N4. The number of hydrazine groups is 1. The van der Waals surface area contributed by atoms with Crippen LogP contribution in [0, 0.1) is 0 Å². The van der Waals surface area contributed by atoms with E-state index >= 15 is 0 Å². The van der Waals surface area contributed by atoms with Gasteiger partial charge in [-0.25, -0.2) is 5.84 Å². The second-order valence-electron chi connectivity index (χ2n) is 2.16. The van der Waals surface area contributed by atoms with E-state index in [2.05, 4.69) is 17.2 Å². The molecule has 0 fully saturated rings. The summed E-state index contributed by atoms with van der Waals surface area (Å²) < 4.78 is 0. The molecular weight excluding hydrogens is 128 g/mol. The van der Waals surface area contributed by atoms with Crippen molar-refractivity contribution in [2.45, 2.75) is 13.8 Å². The molecule has 0 unspecified atom stereocenters. The fraction of sp³-hybridized carbons (Fsp3) is 0.500. The highest BCUT2D eigenvalue weighted by atomic mass is 15.5. The minimum absolute atomic E-state index is 0.773. The number of nitrogens with one attached hydrogen (secondary N) is 1. The molecule has 0 saturated heterocycles. The van der Waals surface area contributed by atoms with E-state index in [9.17, 15) is 0 Å². The summed E-state index contributed by atoms with van der Waals surface area (Å²) in [4.78, 5) is 0. The first-order chi connectivity index (χ1) is 4.63. The van der Waals surface area contributed by atoms with E-state index in [1.807, 2.05) is 13.8 Å². The van der Waals surface area contributed by atoms with Crippen molar-refractivity contribution < 1.29 is 0 Å². The zero-order chi connectivity index (χ0) is 8.15. The second kappa shape index (κ2) is 3.90. The summed E-state index contributed by atoms with van der Waals surface area (Å²) in [5.41, 5.74) is 3.59. The third kappa shape index (κ3) is 2.06. The molecule has 0 aliphatic heterocycles. The lowest BCUT2D eigenvalue weighted by molar-refractivity contribution is 0.406. The molecule has 58 valence electrons. The zero-order valence-electron chi connectivity index (χ0n) is 6.68. The molecule has 3 N–H and O–H groups in total. The van der Waals surface area contributed by atoms with Gasteiger partial charge >= 0.3 is 0 Å². The topological polar surface area (TPSA) is 53.6 Å². The van der Waals surface area contributed by atoms with Crippen molar-refractivity contribution in [2.75, 3.05) is 7.05 Å². The van der Waals surface area contributed by atoms with Crippen LogP contribution in [0.4, 0.5) is 0 Å². The lowest BCUT2D eigenvalue weighted by Gasteiger charge is -2.16. The Hall–Kier alpha value is -1.03. The Morgan fingerprint density at radius 2 is 2.10 bits per heavy atom. The third-order valence-corrected chi connectivity index (χ3v) is 1.15. The average molecular weight is 142 g/mol. The van der Waals surface area contributed by atoms with Gasteiger partial charge in [0.1, 0.15) is 5.82 Å². The molecule has 4 nitrogen and oxygen atoms in total. The Morgan fingerprint density at radius 3 is 2.20 bits per heavy atom. The van der Waals surface area contributed by atoms with Crippen molar-refractivity contribution in [1.82, 2.24) is 10.4 Å². The molecule has 0 amide bonds. The standard InChI is InChI=1S/C6H14N4/c1-5(2)6(9-7)10(4)8-3/h9H,3,7H2,1-2,4H3. The van der Waals surface area contributed by atoms with Crippen molar-refractivity contribution in [1.29, 1.82) is 0 Å². The summed E-state index contributed by atoms with van der Waals surface area (Å²) in [5, 5.41) is 5.24. The van der Waals surface area contributed by atoms with E-state index in [0.717, 1.165) is 11.4 Å². The summed E-state index contributed by atoms with van der Waals surface area (Å²) in [6, 6.07) is 0. The van der Waals surface area contributed by atoms with Crippen LogP contribution in [0.5, 0.6) is 0 Å². The molecule has 10 heavy (non-hydrogen) atoms. The Morgan fingerprint density at radius 1 is 1.60 bits per heavy atom. The number of hydrazone groups is 1. The van der Waals surface area contributed by atoms with Crippen LogP contribution in [0.3, 0.4) is 0 Å². The fourth-order valence-corrected chi connectivity index (χ4v) is 0.632. The quantitative estimate of drug-likeness (QED) is 0.337. The largest absolute Gasteiger partial charge is 0.309 e. The zero-order valence-corrected chi connectivity index (χ0v) is 6.68. The van der Waals surface area contributed by atoms with Crippen LogP contribution in [-0.4, -0.2) is 18.8 Å². The van der Waals surface area contributed by atoms with Crippen molar-refractivity contribution in [2.24, 2.45) is 10.9 Å². The normalized spacial score (nSPS) is 8.40. The van der Waals surface area contributed by atoms with Gasteiger partial charge in [0.2, 0.25) is 0 Å². The van der Waals surface area contributed by atoms with Gasteiger partial charge in [-0.1, -0.05) is 0 Å². The first kappa shape index (κ1) is 8.97. The maximum absolute atomic E-state index is 5.21. The first-order valence-electron chi connectivity index (χ1n) is 2.98. The molecule has 0 aromatic rings. The van der Waals surface area contributed by atoms with Gasteiger partial charge in [0.25, 0.3) is 0 Å². The fourth-order valence-electron chi connectivity index (χ4n) is 0.632. The number of nitrogens with zero attached hydrogens (tertiary/aromatic N) is 2. The maximum Gasteiger partial charge on any atom is 0.134 e. The Balaban J connectivity index is 4.35. The third-order valence-electron chi connectivity index (χ3n) is 1.15. The van der Waals surface area contributed by atoms with E-state index in [1.165, 1.54) is 0 Å². The molecule has 0 spiro atoms. The van der Waals surface area contributed by atoms with Gasteiger partial charge < -0.3 is 5.43 Å². The number of rotatable bonds is 3. The predicted octanol–water partition coefficient (Wildman–Crippen LogP) is 0.248. The smallest absolute Gasteiger partial charge is 0.134 e. The van der Waals surface area contributed by atoms with Crippen molar-refractivity contribution in [3.8, 4) is 0 Å². The van der Waals surface area contributed by atoms with Crippen LogP contribution in [0.25, 0.3) is 0 Å². The second-order valence-corrected chi connectivity index (χ2v) is 2.16. The Kier molecular flexibility index (Phi) is 3.49. The molecule has 0 aliphatic rings. The lowest BCUT2D eigenvalue weighted by Crippen LogP contribution is -2.31. The van der Waals surface area contributed by atoms with Crippen molar-refractivity contribution in [3.63, 3.8) is 0 Å². The predicted molar refractivity (Wildman–Crippen MR) is 43.0 cm³/mol. The highest BCUT2D eigenvalue weighted by Crippen LogP contribution is 2.01. The number of nitrogens with two attached hydrogens (primary N) is 1. The van der Waals surface area contributed by atoms with Gasteiger partial charge in [-0.05, 0) is 19.4 Å². The highest BCUT2D eigenvalue weighted by Gasteiger charge is 1.99. The van der Waals surface area contributed by atoms with E-state index < -0.39 is 0 Å². The molecule has 0 radical (unpaired) electrons. The van der Waals surface area contributed by atoms with Gasteiger partial charge in [0.15, 0.2) is 0 Å². The molecule has 0 rings (SSSR count). The molecule has 4 heteroatoms. The Labute approximate surface area is 61.4 Å². The molecule has 0 bridgehead atoms. The van der Waals surface area contributed by atoms with Crippen molar-refractivity contribution in [3.05, 3.63) is 11.4 Å². The minimum Gasteiger partial charge on any atom is -0.309 e. The molecule has 0 heterocycles. The van der Waals surface area contributed by atoms with Gasteiger partial charge in [-0.2, -0.15) is 5.10 Å². The molecule has 0 aromatic heterocycles. The molecule has 0 aromatic carbocycles. The van der Waals surface area contributed by atoms with E-state index in [0.29, 0.717) is 0 Å². The van der Waals surface area contributed by atoms with Gasteiger partial charge in [-0.3, -0.25) is 5.01 Å². The molecule has 0 saturated carbocycles.